The van der Waals surface area contributed by atoms with Crippen molar-refractivity contribution in [3.8, 4) is 23.3 Å². The van der Waals surface area contributed by atoms with Gasteiger partial charge in [-0.1, -0.05) is 29.1 Å². The van der Waals surface area contributed by atoms with E-state index < -0.39 is 5.91 Å². The van der Waals surface area contributed by atoms with Crippen LogP contribution in [0.2, 0.25) is 10.0 Å². The van der Waals surface area contributed by atoms with Gasteiger partial charge in [-0.15, -0.1) is 5.92 Å². The summed E-state index contributed by atoms with van der Waals surface area (Å²) in [5.41, 5.74) is 9.48. The Bertz CT molecular complexity index is 1390. The summed E-state index contributed by atoms with van der Waals surface area (Å²) < 4.78 is 11.0. The molecule has 0 fully saturated rings. The van der Waals surface area contributed by atoms with Crippen LogP contribution < -0.4 is 25.4 Å². The molecule has 2 aromatic carbocycles. The smallest absolute Gasteiger partial charge is 0.249 e. The minimum absolute atomic E-state index is 0.278. The molecule has 0 spiro atoms. The number of aryl methyl sites for hydroxylation is 1. The summed E-state index contributed by atoms with van der Waals surface area (Å²) in [5, 5.41) is 3.31. The summed E-state index contributed by atoms with van der Waals surface area (Å²) in [6.45, 7) is 3.63. The molecule has 0 aliphatic heterocycles. The van der Waals surface area contributed by atoms with Crippen LogP contribution in [0.5, 0.6) is 11.5 Å². The minimum atomic E-state index is -0.433. The maximum atomic E-state index is 12.9. The number of halogens is 2. The van der Waals surface area contributed by atoms with Crippen molar-refractivity contribution < 1.29 is 14.3 Å². The number of aromatic nitrogens is 1. The lowest BCUT2D eigenvalue weighted by Crippen LogP contribution is -2.15. The van der Waals surface area contributed by atoms with Gasteiger partial charge in [0.1, 0.15) is 5.82 Å². The highest BCUT2D eigenvalue weighted by atomic mass is 35.5. The molecule has 0 atom stereocenters. The van der Waals surface area contributed by atoms with Gasteiger partial charge in [-0.05, 0) is 49.7 Å². The quantitative estimate of drug-likeness (QED) is 0.220. The van der Waals surface area contributed by atoms with E-state index in [9.17, 15) is 4.79 Å². The maximum absolute atomic E-state index is 12.9. The number of amides is 1. The molecule has 0 aliphatic rings. The molecule has 0 unspecified atom stereocenters. The Balaban J connectivity index is 2.02. The molecular weight excluding hydrogens is 499 g/mol. The lowest BCUT2D eigenvalue weighted by molar-refractivity contribution is -0.111. The average Bonchev–Trinajstić information content (AvgIpc) is 2.86. The summed E-state index contributed by atoms with van der Waals surface area (Å²) in [6, 6.07) is 10.4. The fraction of sp³-hybridized carbons (Fsp3) is 0.185. The van der Waals surface area contributed by atoms with Crippen molar-refractivity contribution in [3.05, 3.63) is 69.8 Å². The van der Waals surface area contributed by atoms with Crippen LogP contribution in [0.4, 0.5) is 22.9 Å². The highest BCUT2D eigenvalue weighted by Crippen LogP contribution is 2.38. The third kappa shape index (κ3) is 5.85. The summed E-state index contributed by atoms with van der Waals surface area (Å²) in [5.74, 6) is 7.30. The van der Waals surface area contributed by atoms with Crippen LogP contribution >= 0.6 is 23.2 Å². The van der Waals surface area contributed by atoms with Gasteiger partial charge >= 0.3 is 0 Å². The van der Waals surface area contributed by atoms with E-state index in [1.807, 2.05) is 37.1 Å². The molecule has 1 heterocycles. The van der Waals surface area contributed by atoms with Crippen molar-refractivity contribution in [2.45, 2.75) is 13.8 Å². The third-order valence-electron chi connectivity index (χ3n) is 5.32. The zero-order valence-electron chi connectivity index (χ0n) is 20.6. The summed E-state index contributed by atoms with van der Waals surface area (Å²) in [4.78, 5) is 19.4. The number of carbonyl (C=O) groups is 1. The van der Waals surface area contributed by atoms with E-state index in [0.29, 0.717) is 44.9 Å². The number of nitrogens with two attached hydrogens (primary N) is 1. The largest absolute Gasteiger partial charge is 0.493 e. The van der Waals surface area contributed by atoms with Crippen LogP contribution in [-0.4, -0.2) is 32.2 Å². The number of ether oxygens (including phenoxy) is 2. The van der Waals surface area contributed by atoms with Gasteiger partial charge in [-0.3, -0.25) is 4.79 Å². The fourth-order valence-electron chi connectivity index (χ4n) is 3.61. The first-order chi connectivity index (χ1) is 17.2. The number of nitrogens with one attached hydrogen (secondary N) is 1. The molecule has 7 nitrogen and oxygen atoms in total. The first kappa shape index (κ1) is 26.7. The Morgan fingerprint density at radius 3 is 2.56 bits per heavy atom. The van der Waals surface area contributed by atoms with E-state index in [1.54, 1.807) is 33.4 Å². The van der Waals surface area contributed by atoms with Crippen molar-refractivity contribution in [1.82, 2.24) is 4.98 Å². The standard InChI is InChI=1S/C27H26Cl2N4O3/c1-6-8-17(12-25(34)32-23-15-21(29)20(28)14-22(23)30)19-9-7-10-31-27(19)33(3)18-11-16(2)26(36-5)24(13-18)35-4/h7,9-15H,30H2,1-5H3,(H,32,34)/b17-12+. The highest BCUT2D eigenvalue weighted by molar-refractivity contribution is 6.42. The topological polar surface area (TPSA) is 89.7 Å². The average molecular weight is 525 g/mol. The first-order valence-electron chi connectivity index (χ1n) is 10.8. The minimum Gasteiger partial charge on any atom is -0.493 e. The SMILES string of the molecule is CC#C/C(=C\C(=O)Nc1cc(Cl)c(Cl)cc1N)c1cccnc1N(C)c1cc(C)c(OC)c(OC)c1. The number of methoxy groups -OCH3 is 2. The number of allylic oxidation sites excluding steroid dienone is 1. The van der Waals surface area contributed by atoms with E-state index in [0.717, 1.165) is 11.3 Å². The number of pyridine rings is 1. The molecule has 3 rings (SSSR count). The second-order valence-corrected chi connectivity index (χ2v) is 8.52. The molecule has 0 bridgehead atoms. The lowest BCUT2D eigenvalue weighted by atomic mass is 10.1. The number of nitrogen functional groups attached to an aromatic ring is 1. The van der Waals surface area contributed by atoms with E-state index in [1.165, 1.54) is 18.2 Å². The molecule has 0 aliphatic carbocycles. The Morgan fingerprint density at radius 2 is 1.89 bits per heavy atom. The monoisotopic (exact) mass is 524 g/mol. The predicted octanol–water partition coefficient (Wildman–Crippen LogP) is 6.11. The molecule has 0 radical (unpaired) electrons. The maximum Gasteiger partial charge on any atom is 0.249 e. The highest BCUT2D eigenvalue weighted by Gasteiger charge is 2.18. The molecule has 1 aromatic heterocycles. The van der Waals surface area contributed by atoms with Crippen LogP contribution in [0.15, 0.2) is 48.7 Å². The van der Waals surface area contributed by atoms with Crippen LogP contribution in [0.25, 0.3) is 5.57 Å². The Kier molecular flexibility index (Phi) is 8.70. The molecule has 186 valence electrons. The Morgan fingerprint density at radius 1 is 1.17 bits per heavy atom. The number of nitrogens with zero attached hydrogens (tertiary/aromatic N) is 2. The van der Waals surface area contributed by atoms with Crippen molar-refractivity contribution >= 4 is 57.6 Å². The van der Waals surface area contributed by atoms with Crippen molar-refractivity contribution in [2.75, 3.05) is 37.2 Å². The molecule has 0 saturated heterocycles. The normalized spacial score (nSPS) is 10.8. The summed E-state index contributed by atoms with van der Waals surface area (Å²) in [6.07, 6.45) is 3.07. The first-order valence-corrected chi connectivity index (χ1v) is 11.6. The van der Waals surface area contributed by atoms with E-state index in [4.69, 9.17) is 38.4 Å². The molecular formula is C27H26Cl2N4O3. The van der Waals surface area contributed by atoms with Crippen LogP contribution in [-0.2, 0) is 4.79 Å². The van der Waals surface area contributed by atoms with Gasteiger partial charge in [0, 0.05) is 42.2 Å². The second-order valence-electron chi connectivity index (χ2n) is 7.71. The molecule has 9 heteroatoms. The molecule has 3 aromatic rings. The Labute approximate surface area is 220 Å². The zero-order chi connectivity index (χ0) is 26.4. The predicted molar refractivity (Wildman–Crippen MR) is 148 cm³/mol. The van der Waals surface area contributed by atoms with Gasteiger partial charge in [0.25, 0.3) is 0 Å². The molecule has 36 heavy (non-hydrogen) atoms. The number of hydrogen-bond donors (Lipinski definition) is 2. The van der Waals surface area contributed by atoms with Gasteiger partial charge < -0.3 is 25.4 Å². The number of carbonyl (C=O) groups excluding carboxylic acids is 1. The number of rotatable bonds is 7. The van der Waals surface area contributed by atoms with Crippen molar-refractivity contribution in [1.29, 1.82) is 0 Å². The number of hydrogen-bond acceptors (Lipinski definition) is 6. The lowest BCUT2D eigenvalue weighted by Gasteiger charge is -2.23. The fourth-order valence-corrected chi connectivity index (χ4v) is 3.95. The van der Waals surface area contributed by atoms with Crippen LogP contribution in [0.1, 0.15) is 18.1 Å². The van der Waals surface area contributed by atoms with Gasteiger partial charge in [-0.2, -0.15) is 0 Å². The molecule has 1 amide bonds. The van der Waals surface area contributed by atoms with Gasteiger partial charge in [-0.25, -0.2) is 4.98 Å². The second kappa shape index (κ2) is 11.7. The third-order valence-corrected chi connectivity index (χ3v) is 6.04. The number of anilines is 4. The van der Waals surface area contributed by atoms with Crippen molar-refractivity contribution in [2.24, 2.45) is 0 Å². The summed E-state index contributed by atoms with van der Waals surface area (Å²) in [7, 11) is 5.06. The van der Waals surface area contributed by atoms with Crippen LogP contribution in [0, 0.1) is 18.8 Å². The molecule has 3 N–H and O–H groups in total. The van der Waals surface area contributed by atoms with Crippen molar-refractivity contribution in [3.63, 3.8) is 0 Å². The van der Waals surface area contributed by atoms with E-state index in [-0.39, 0.29) is 5.02 Å². The van der Waals surface area contributed by atoms with Crippen LogP contribution in [0.3, 0.4) is 0 Å². The Hall–Kier alpha value is -3.86. The summed E-state index contributed by atoms with van der Waals surface area (Å²) >= 11 is 12.1. The molecule has 0 saturated carbocycles. The van der Waals surface area contributed by atoms with Gasteiger partial charge in [0.2, 0.25) is 5.91 Å². The van der Waals surface area contributed by atoms with Gasteiger partial charge in [0.15, 0.2) is 11.5 Å². The number of benzene rings is 2. The van der Waals surface area contributed by atoms with E-state index >= 15 is 0 Å². The van der Waals surface area contributed by atoms with Gasteiger partial charge in [0.05, 0.1) is 35.6 Å². The zero-order valence-corrected chi connectivity index (χ0v) is 22.1. The van der Waals surface area contributed by atoms with E-state index in [2.05, 4.69) is 22.1 Å².